The summed E-state index contributed by atoms with van der Waals surface area (Å²) in [7, 11) is 0. The number of phenolic OH excluding ortho intramolecular Hbond substituents is 1. The van der Waals surface area contributed by atoms with Gasteiger partial charge in [-0.25, -0.2) is 9.79 Å². The lowest BCUT2D eigenvalue weighted by Gasteiger charge is -2.03. The van der Waals surface area contributed by atoms with E-state index in [1.807, 2.05) is 32.9 Å². The van der Waals surface area contributed by atoms with E-state index < -0.39 is 0 Å². The second kappa shape index (κ2) is 6.75. The first-order chi connectivity index (χ1) is 10.5. The fraction of sp³-hybridized carbons (Fsp3) is 0.294. The Morgan fingerprint density at radius 1 is 1.36 bits per heavy atom. The van der Waals surface area contributed by atoms with Gasteiger partial charge in [-0.3, -0.25) is 0 Å². The van der Waals surface area contributed by atoms with E-state index in [1.165, 1.54) is 11.3 Å². The maximum atomic E-state index is 12.1. The molecule has 0 aliphatic heterocycles. The van der Waals surface area contributed by atoms with Gasteiger partial charge in [0, 0.05) is 16.7 Å². The minimum atomic E-state index is -0.357. The molecule has 0 unspecified atom stereocenters. The average molecular weight is 317 g/mol. The van der Waals surface area contributed by atoms with E-state index in [-0.39, 0.29) is 11.7 Å². The third kappa shape index (κ3) is 3.20. The van der Waals surface area contributed by atoms with Crippen LogP contribution in [0, 0.1) is 20.8 Å². The molecule has 1 aromatic carbocycles. The molecule has 0 atom stereocenters. The molecular weight excluding hydrogens is 298 g/mol. The molecule has 0 radical (unpaired) electrons. The highest BCUT2D eigenvalue weighted by Crippen LogP contribution is 2.35. The van der Waals surface area contributed by atoms with Crippen LogP contribution in [0.4, 0.5) is 5.00 Å². The number of aryl methyl sites for hydroxylation is 2. The minimum Gasteiger partial charge on any atom is -0.507 e. The Morgan fingerprint density at radius 3 is 2.77 bits per heavy atom. The van der Waals surface area contributed by atoms with Gasteiger partial charge in [-0.15, -0.1) is 11.3 Å². The van der Waals surface area contributed by atoms with Crippen LogP contribution in [-0.2, 0) is 4.74 Å². The van der Waals surface area contributed by atoms with Crippen LogP contribution >= 0.6 is 11.3 Å². The van der Waals surface area contributed by atoms with Crippen molar-refractivity contribution in [2.45, 2.75) is 27.7 Å². The normalized spacial score (nSPS) is 11.1. The van der Waals surface area contributed by atoms with E-state index in [0.29, 0.717) is 22.7 Å². The number of benzene rings is 1. The fourth-order valence-corrected chi connectivity index (χ4v) is 3.05. The van der Waals surface area contributed by atoms with Gasteiger partial charge in [0.25, 0.3) is 0 Å². The molecule has 0 saturated carbocycles. The van der Waals surface area contributed by atoms with Gasteiger partial charge in [-0.05, 0) is 44.9 Å². The molecule has 0 bridgehead atoms. The number of carbonyl (C=O) groups excluding carboxylic acids is 1. The molecule has 116 valence electrons. The Morgan fingerprint density at radius 2 is 2.09 bits per heavy atom. The van der Waals surface area contributed by atoms with Crippen LogP contribution in [-0.4, -0.2) is 23.9 Å². The van der Waals surface area contributed by atoms with Crippen LogP contribution in [0.1, 0.15) is 38.8 Å². The third-order valence-electron chi connectivity index (χ3n) is 3.44. The lowest BCUT2D eigenvalue weighted by Crippen LogP contribution is -2.05. The minimum absolute atomic E-state index is 0.203. The molecule has 0 amide bonds. The van der Waals surface area contributed by atoms with Crippen molar-refractivity contribution < 1.29 is 14.6 Å². The Kier molecular flexibility index (Phi) is 4.98. The summed E-state index contributed by atoms with van der Waals surface area (Å²) in [6.07, 6.45) is 1.58. The molecule has 4 nitrogen and oxygen atoms in total. The molecule has 1 aromatic heterocycles. The quantitative estimate of drug-likeness (QED) is 0.675. The second-order valence-corrected chi connectivity index (χ2v) is 6.16. The van der Waals surface area contributed by atoms with E-state index in [9.17, 15) is 9.90 Å². The molecular formula is C17H19NO3S. The molecule has 0 aliphatic carbocycles. The van der Waals surface area contributed by atoms with Gasteiger partial charge >= 0.3 is 5.97 Å². The van der Waals surface area contributed by atoms with Gasteiger partial charge in [0.15, 0.2) is 0 Å². The molecule has 1 N–H and O–H groups in total. The van der Waals surface area contributed by atoms with Crippen LogP contribution in [0.5, 0.6) is 5.75 Å². The number of aliphatic imine (C=N–C) groups is 1. The summed E-state index contributed by atoms with van der Waals surface area (Å²) >= 11 is 1.44. The van der Waals surface area contributed by atoms with E-state index in [2.05, 4.69) is 4.99 Å². The second-order valence-electron chi connectivity index (χ2n) is 4.95. The smallest absolute Gasteiger partial charge is 0.341 e. The van der Waals surface area contributed by atoms with Crippen molar-refractivity contribution in [1.29, 1.82) is 0 Å². The number of phenols is 1. The highest BCUT2D eigenvalue weighted by Gasteiger charge is 2.20. The molecule has 0 aliphatic rings. The monoisotopic (exact) mass is 317 g/mol. The third-order valence-corrected chi connectivity index (χ3v) is 4.55. The Balaban J connectivity index is 2.41. The maximum Gasteiger partial charge on any atom is 0.341 e. The molecule has 5 heteroatoms. The summed E-state index contributed by atoms with van der Waals surface area (Å²) in [4.78, 5) is 17.5. The number of carbonyl (C=O) groups is 1. The van der Waals surface area contributed by atoms with Gasteiger partial charge in [0.1, 0.15) is 10.8 Å². The van der Waals surface area contributed by atoms with Crippen molar-refractivity contribution in [1.82, 2.24) is 0 Å². The van der Waals surface area contributed by atoms with Gasteiger partial charge < -0.3 is 9.84 Å². The van der Waals surface area contributed by atoms with Crippen molar-refractivity contribution in [3.63, 3.8) is 0 Å². The lowest BCUT2D eigenvalue weighted by molar-refractivity contribution is 0.0527. The molecule has 1 heterocycles. The Labute approximate surface area is 134 Å². The van der Waals surface area contributed by atoms with Gasteiger partial charge in [0.2, 0.25) is 0 Å². The zero-order valence-corrected chi connectivity index (χ0v) is 14.0. The van der Waals surface area contributed by atoms with Crippen LogP contribution in [0.2, 0.25) is 0 Å². The Hall–Kier alpha value is -2.14. The number of esters is 1. The number of hydrogen-bond donors (Lipinski definition) is 1. The van der Waals surface area contributed by atoms with Crippen molar-refractivity contribution >= 4 is 28.5 Å². The van der Waals surface area contributed by atoms with Crippen LogP contribution in [0.25, 0.3) is 0 Å². The maximum absolute atomic E-state index is 12.1. The SMILES string of the molecule is CCOC(=O)c1c(/N=C/c2cccc(C)c2O)sc(C)c1C. The molecule has 0 fully saturated rings. The largest absolute Gasteiger partial charge is 0.507 e. The highest BCUT2D eigenvalue weighted by atomic mass is 32.1. The predicted molar refractivity (Wildman–Crippen MR) is 89.8 cm³/mol. The molecule has 0 spiro atoms. The van der Waals surface area contributed by atoms with Crippen LogP contribution < -0.4 is 0 Å². The van der Waals surface area contributed by atoms with Crippen molar-refractivity contribution in [2.24, 2.45) is 4.99 Å². The number of thiophene rings is 1. The van der Waals surface area contributed by atoms with Gasteiger partial charge in [0.05, 0.1) is 12.2 Å². The van der Waals surface area contributed by atoms with Crippen LogP contribution in [0.15, 0.2) is 23.2 Å². The molecule has 2 rings (SSSR count). The first-order valence-corrected chi connectivity index (χ1v) is 7.87. The van der Waals surface area contributed by atoms with Crippen LogP contribution in [0.3, 0.4) is 0 Å². The Bertz CT molecular complexity index is 732. The number of para-hydroxylation sites is 1. The summed E-state index contributed by atoms with van der Waals surface area (Å²) < 4.78 is 5.10. The van der Waals surface area contributed by atoms with E-state index in [1.54, 1.807) is 19.2 Å². The van der Waals surface area contributed by atoms with Crippen molar-refractivity contribution in [3.8, 4) is 5.75 Å². The highest BCUT2D eigenvalue weighted by molar-refractivity contribution is 7.16. The number of nitrogens with zero attached hydrogens (tertiary/aromatic N) is 1. The topological polar surface area (TPSA) is 58.9 Å². The first-order valence-electron chi connectivity index (χ1n) is 7.05. The van der Waals surface area contributed by atoms with E-state index >= 15 is 0 Å². The summed E-state index contributed by atoms with van der Waals surface area (Å²) in [6.45, 7) is 7.78. The molecule has 0 saturated heterocycles. The zero-order chi connectivity index (χ0) is 16.3. The summed E-state index contributed by atoms with van der Waals surface area (Å²) in [5.74, 6) is -0.154. The number of hydrogen-bond acceptors (Lipinski definition) is 5. The average Bonchev–Trinajstić information content (AvgIpc) is 2.76. The van der Waals surface area contributed by atoms with E-state index in [4.69, 9.17) is 4.74 Å². The number of aromatic hydroxyl groups is 1. The summed E-state index contributed by atoms with van der Waals surface area (Å²) in [6, 6.07) is 5.47. The summed E-state index contributed by atoms with van der Waals surface area (Å²) in [5, 5.41) is 10.6. The molecule has 22 heavy (non-hydrogen) atoms. The van der Waals surface area contributed by atoms with Crippen molar-refractivity contribution in [3.05, 3.63) is 45.3 Å². The fourth-order valence-electron chi connectivity index (χ4n) is 2.06. The molecule has 2 aromatic rings. The lowest BCUT2D eigenvalue weighted by atomic mass is 10.1. The summed E-state index contributed by atoms with van der Waals surface area (Å²) in [5.41, 5.74) is 2.81. The standard InChI is InChI=1S/C17H19NO3S/c1-5-21-17(20)14-11(3)12(4)22-16(14)18-9-13-8-6-7-10(2)15(13)19/h6-9,19H,5H2,1-4H3/b18-9+. The zero-order valence-electron chi connectivity index (χ0n) is 13.1. The number of rotatable bonds is 4. The predicted octanol–water partition coefficient (Wildman–Crippen LogP) is 4.31. The number of ether oxygens (including phenoxy) is 1. The van der Waals surface area contributed by atoms with Gasteiger partial charge in [-0.1, -0.05) is 12.1 Å². The van der Waals surface area contributed by atoms with Crippen molar-refractivity contribution in [2.75, 3.05) is 6.61 Å². The van der Waals surface area contributed by atoms with Gasteiger partial charge in [-0.2, -0.15) is 0 Å². The first kappa shape index (κ1) is 16.2. The van der Waals surface area contributed by atoms with E-state index in [0.717, 1.165) is 16.0 Å².